The van der Waals surface area contributed by atoms with Gasteiger partial charge in [0, 0.05) is 6.54 Å². The molecule has 0 aromatic rings. The summed E-state index contributed by atoms with van der Waals surface area (Å²) in [6.07, 6.45) is 9.50. The Kier molecular flexibility index (Phi) is 21.2. The van der Waals surface area contributed by atoms with Gasteiger partial charge in [-0.1, -0.05) is 48.0 Å². The van der Waals surface area contributed by atoms with Crippen molar-refractivity contribution in [1.29, 1.82) is 0 Å². The minimum absolute atomic E-state index is 0.163. The lowest BCUT2D eigenvalue weighted by Gasteiger charge is -2.25. The van der Waals surface area contributed by atoms with Crippen LogP contribution in [-0.4, -0.2) is 53.6 Å². The molecule has 0 aliphatic carbocycles. The van der Waals surface area contributed by atoms with E-state index >= 15 is 0 Å². The van der Waals surface area contributed by atoms with Gasteiger partial charge in [-0.2, -0.15) is 0 Å². The first kappa shape index (κ1) is 31.7. The summed E-state index contributed by atoms with van der Waals surface area (Å²) in [5.41, 5.74) is 5.38. The molecule has 4 unspecified atom stereocenters. The molecule has 0 radical (unpaired) electrons. The summed E-state index contributed by atoms with van der Waals surface area (Å²) in [6.45, 7) is 12.1. The van der Waals surface area contributed by atoms with Gasteiger partial charge in [0.15, 0.2) is 0 Å². The molecule has 0 bridgehead atoms. The van der Waals surface area contributed by atoms with Gasteiger partial charge in [0.05, 0.1) is 12.6 Å². The van der Waals surface area contributed by atoms with Crippen molar-refractivity contribution in [3.8, 4) is 12.8 Å². The number of hydrogen-bond acceptors (Lipinski definition) is 5. The third kappa shape index (κ3) is 11.0. The summed E-state index contributed by atoms with van der Waals surface area (Å²) in [5, 5.41) is 4.80. The zero-order chi connectivity index (χ0) is 23.6. The lowest BCUT2D eigenvalue weighted by Crippen LogP contribution is -2.53. The van der Waals surface area contributed by atoms with Crippen LogP contribution >= 0.6 is 9.39 Å². The highest BCUT2D eigenvalue weighted by Crippen LogP contribution is 2.23. The van der Waals surface area contributed by atoms with Crippen LogP contribution in [0.1, 0.15) is 60.8 Å². The molecule has 1 fully saturated rings. The van der Waals surface area contributed by atoms with Crippen molar-refractivity contribution in [2.24, 2.45) is 11.7 Å². The van der Waals surface area contributed by atoms with Crippen LogP contribution in [0.2, 0.25) is 0 Å². The van der Waals surface area contributed by atoms with E-state index in [1.807, 2.05) is 50.9 Å². The molecule has 0 aromatic heterocycles. The molecular weight excluding hydrogens is 391 g/mol. The molecule has 9 heteroatoms. The maximum atomic E-state index is 12.5. The van der Waals surface area contributed by atoms with Crippen LogP contribution in [0, 0.1) is 18.8 Å². The second-order valence-electron chi connectivity index (χ2n) is 5.79. The van der Waals surface area contributed by atoms with Crippen molar-refractivity contribution in [3.63, 3.8) is 0 Å². The smallest absolute Gasteiger partial charge is 0.292 e. The van der Waals surface area contributed by atoms with Gasteiger partial charge in [-0.05, 0) is 28.2 Å². The molecule has 168 valence electrons. The van der Waals surface area contributed by atoms with Crippen LogP contribution in [0.3, 0.4) is 0 Å². The number of terminal acetylenes is 1. The minimum atomic E-state index is -0.890. The molecule has 1 rings (SSSR count). The van der Waals surface area contributed by atoms with Gasteiger partial charge in [-0.3, -0.25) is 19.2 Å². The Hall–Kier alpha value is -1.97. The molecule has 0 spiro atoms. The number of rotatable bonds is 7. The van der Waals surface area contributed by atoms with Gasteiger partial charge in [0.25, 0.3) is 5.91 Å². The molecule has 1 saturated heterocycles. The predicted molar refractivity (Wildman–Crippen MR) is 121 cm³/mol. The number of carbonyl (C=O) groups excluding carboxylic acids is 4. The monoisotopic (exact) mass is 430 g/mol. The Bertz CT molecular complexity index is 526. The summed E-state index contributed by atoms with van der Waals surface area (Å²) in [7, 11) is 1.97. The Morgan fingerprint density at radius 1 is 1.17 bits per heavy atom. The summed E-state index contributed by atoms with van der Waals surface area (Å²) in [5.74, 6) is -2.01. The number of amides is 3. The van der Waals surface area contributed by atoms with Crippen LogP contribution in [0.5, 0.6) is 0 Å². The summed E-state index contributed by atoms with van der Waals surface area (Å²) in [6, 6.07) is -1.54. The standard InChI is InChI=1S/C14H25N4O4P.2C2H6.C2H2/c1-3-4-9(12(20)14(22)17-23)16-13(21)10-5-8(2)7-18(10)11(19)6-15;3*1-2/h8-10H,3-7,15,23H2,1-2H3,(H,16,21)(H,17,22);2*1-2H3;1-2H. The highest BCUT2D eigenvalue weighted by molar-refractivity contribution is 7.15. The topological polar surface area (TPSA) is 122 Å². The molecule has 1 heterocycles. The fourth-order valence-electron chi connectivity index (χ4n) is 2.74. The Morgan fingerprint density at radius 2 is 1.69 bits per heavy atom. The number of Topliss-reactive ketones (excluding diaryl/α,β-unsaturated/α-hetero) is 1. The van der Waals surface area contributed by atoms with E-state index in [1.165, 1.54) is 4.90 Å². The SMILES string of the molecule is C#C.CC.CC.CCCC(NC(=O)C1CC(C)CN1C(=O)CN)C(=O)C(=O)NP. The van der Waals surface area contributed by atoms with E-state index in [4.69, 9.17) is 5.73 Å². The largest absolute Gasteiger partial charge is 0.344 e. The quantitative estimate of drug-likeness (QED) is 0.319. The zero-order valence-electron chi connectivity index (χ0n) is 18.7. The van der Waals surface area contributed by atoms with E-state index in [9.17, 15) is 19.2 Å². The maximum absolute atomic E-state index is 12.5. The van der Waals surface area contributed by atoms with E-state index in [0.717, 1.165) is 0 Å². The highest BCUT2D eigenvalue weighted by Gasteiger charge is 2.38. The Balaban J connectivity index is -0.00000103. The van der Waals surface area contributed by atoms with Crippen molar-refractivity contribution in [2.75, 3.05) is 13.1 Å². The van der Waals surface area contributed by atoms with Crippen molar-refractivity contribution < 1.29 is 19.2 Å². The predicted octanol–water partition coefficient (Wildman–Crippen LogP) is 1.24. The highest BCUT2D eigenvalue weighted by atomic mass is 31.0. The molecule has 4 N–H and O–H groups in total. The van der Waals surface area contributed by atoms with Crippen molar-refractivity contribution in [3.05, 3.63) is 0 Å². The van der Waals surface area contributed by atoms with Crippen LogP contribution in [0.4, 0.5) is 0 Å². The number of nitrogens with two attached hydrogens (primary N) is 1. The molecule has 4 atom stereocenters. The molecule has 0 saturated carbocycles. The minimum Gasteiger partial charge on any atom is -0.344 e. The van der Waals surface area contributed by atoms with Crippen molar-refractivity contribution in [1.82, 2.24) is 15.3 Å². The average molecular weight is 431 g/mol. The van der Waals surface area contributed by atoms with Crippen LogP contribution < -0.4 is 16.1 Å². The third-order valence-corrected chi connectivity index (χ3v) is 4.14. The molecule has 29 heavy (non-hydrogen) atoms. The first-order valence-electron chi connectivity index (χ1n) is 10.0. The van der Waals surface area contributed by atoms with E-state index in [-0.39, 0.29) is 18.4 Å². The van der Waals surface area contributed by atoms with E-state index in [0.29, 0.717) is 25.8 Å². The summed E-state index contributed by atoms with van der Waals surface area (Å²) >= 11 is 0. The second-order valence-corrected chi connectivity index (χ2v) is 6.08. The lowest BCUT2D eigenvalue weighted by atomic mass is 10.0. The maximum Gasteiger partial charge on any atom is 0.292 e. The van der Waals surface area contributed by atoms with E-state index < -0.39 is 29.7 Å². The molecule has 8 nitrogen and oxygen atoms in total. The van der Waals surface area contributed by atoms with E-state index in [1.54, 1.807) is 0 Å². The number of carbonyl (C=O) groups is 4. The van der Waals surface area contributed by atoms with Crippen molar-refractivity contribution >= 4 is 32.9 Å². The number of hydrogen-bond donors (Lipinski definition) is 3. The Labute approximate surface area is 178 Å². The van der Waals surface area contributed by atoms with Gasteiger partial charge in [-0.25, -0.2) is 0 Å². The number of ketones is 1. The third-order valence-electron chi connectivity index (χ3n) is 3.87. The van der Waals surface area contributed by atoms with E-state index in [2.05, 4.69) is 23.3 Å². The number of nitrogens with one attached hydrogen (secondary N) is 2. The number of nitrogens with zero attached hydrogens (tertiary/aromatic N) is 1. The van der Waals surface area contributed by atoms with Crippen LogP contribution in [0.25, 0.3) is 0 Å². The first-order valence-corrected chi connectivity index (χ1v) is 10.6. The fourth-order valence-corrected chi connectivity index (χ4v) is 2.88. The zero-order valence-corrected chi connectivity index (χ0v) is 19.8. The summed E-state index contributed by atoms with van der Waals surface area (Å²) in [4.78, 5) is 49.3. The summed E-state index contributed by atoms with van der Waals surface area (Å²) < 4.78 is 0. The molecule has 0 aromatic carbocycles. The first-order chi connectivity index (χ1) is 13.8. The van der Waals surface area contributed by atoms with Gasteiger partial charge in [0.2, 0.25) is 17.6 Å². The Morgan fingerprint density at radius 3 is 2.10 bits per heavy atom. The van der Waals surface area contributed by atoms with Crippen LogP contribution in [-0.2, 0) is 19.2 Å². The molecule has 1 aliphatic rings. The molecule has 1 aliphatic heterocycles. The van der Waals surface area contributed by atoms with Crippen LogP contribution in [0.15, 0.2) is 0 Å². The van der Waals surface area contributed by atoms with Crippen molar-refractivity contribution in [2.45, 2.75) is 72.9 Å². The second kappa shape index (κ2) is 19.4. The van der Waals surface area contributed by atoms with Gasteiger partial charge in [0.1, 0.15) is 6.04 Å². The van der Waals surface area contributed by atoms with Gasteiger partial charge < -0.3 is 21.0 Å². The molecular formula is C20H39N4O4P. The average Bonchev–Trinajstić information content (AvgIpc) is 3.17. The fraction of sp³-hybridized carbons (Fsp3) is 0.700. The normalized spacial score (nSPS) is 17.7. The number of likely N-dealkylation sites (tertiary alicyclic amines) is 1. The van der Waals surface area contributed by atoms with Gasteiger partial charge >= 0.3 is 0 Å². The lowest BCUT2D eigenvalue weighted by molar-refractivity contribution is -0.141. The molecule has 3 amide bonds. The van der Waals surface area contributed by atoms with Gasteiger partial charge in [-0.15, -0.1) is 12.8 Å².